The molecule has 2 saturated carbocycles. The van der Waals surface area contributed by atoms with E-state index < -0.39 is 0 Å². The van der Waals surface area contributed by atoms with E-state index in [9.17, 15) is 0 Å². The number of nitrogens with two attached hydrogens (primary N) is 1. The molecule has 0 aromatic rings. The molecule has 0 heterocycles. The minimum Gasteiger partial charge on any atom is -0.328 e. The van der Waals surface area contributed by atoms with Crippen LogP contribution in [0.5, 0.6) is 0 Å². The van der Waals surface area contributed by atoms with Crippen LogP contribution in [0.3, 0.4) is 0 Å². The summed E-state index contributed by atoms with van der Waals surface area (Å²) >= 11 is 0. The van der Waals surface area contributed by atoms with Crippen LogP contribution in [-0.4, -0.2) is 30.1 Å². The third-order valence-corrected chi connectivity index (χ3v) is 3.85. The lowest BCUT2D eigenvalue weighted by Gasteiger charge is -2.31. The molecule has 2 aliphatic rings. The van der Waals surface area contributed by atoms with E-state index in [1.54, 1.807) is 0 Å². The summed E-state index contributed by atoms with van der Waals surface area (Å²) in [6.45, 7) is 4.88. The molecule has 82 valence electrons. The summed E-state index contributed by atoms with van der Waals surface area (Å²) < 4.78 is 0. The molecular formula is C12H24N2. The van der Waals surface area contributed by atoms with Crippen LogP contribution >= 0.6 is 0 Å². The van der Waals surface area contributed by atoms with Gasteiger partial charge in [0.1, 0.15) is 0 Å². The Morgan fingerprint density at radius 2 is 1.71 bits per heavy atom. The van der Waals surface area contributed by atoms with Gasteiger partial charge in [0.2, 0.25) is 0 Å². The molecule has 0 bridgehead atoms. The van der Waals surface area contributed by atoms with E-state index in [1.165, 1.54) is 51.6 Å². The molecule has 0 aliphatic heterocycles. The summed E-state index contributed by atoms with van der Waals surface area (Å²) in [6, 6.07) is 1.44. The molecule has 2 fully saturated rings. The number of hydrogen-bond acceptors (Lipinski definition) is 2. The Kier molecular flexibility index (Phi) is 3.45. The highest BCUT2D eigenvalue weighted by atomic mass is 15.2. The summed E-state index contributed by atoms with van der Waals surface area (Å²) in [5, 5.41) is 0. The van der Waals surface area contributed by atoms with Gasteiger partial charge in [-0.3, -0.25) is 0 Å². The molecule has 0 saturated heterocycles. The van der Waals surface area contributed by atoms with Gasteiger partial charge < -0.3 is 10.6 Å². The van der Waals surface area contributed by atoms with Crippen molar-refractivity contribution in [1.82, 2.24) is 4.90 Å². The van der Waals surface area contributed by atoms with Crippen LogP contribution in [0, 0.1) is 5.92 Å². The highest BCUT2D eigenvalue weighted by Crippen LogP contribution is 2.30. The fourth-order valence-electron chi connectivity index (χ4n) is 2.68. The van der Waals surface area contributed by atoms with Crippen molar-refractivity contribution in [3.05, 3.63) is 0 Å². The average molecular weight is 196 g/mol. The van der Waals surface area contributed by atoms with Crippen molar-refractivity contribution in [3.63, 3.8) is 0 Å². The Hall–Kier alpha value is -0.0800. The van der Waals surface area contributed by atoms with Crippen molar-refractivity contribution in [3.8, 4) is 0 Å². The van der Waals surface area contributed by atoms with Crippen molar-refractivity contribution in [2.75, 3.05) is 13.1 Å². The molecule has 14 heavy (non-hydrogen) atoms. The molecule has 2 N–H and O–H groups in total. The first-order valence-corrected chi connectivity index (χ1v) is 6.29. The fraction of sp³-hybridized carbons (Fsp3) is 1.00. The number of rotatable bonds is 4. The highest BCUT2D eigenvalue weighted by molar-refractivity contribution is 4.86. The van der Waals surface area contributed by atoms with Gasteiger partial charge in [0.25, 0.3) is 0 Å². The van der Waals surface area contributed by atoms with Crippen LogP contribution in [0.4, 0.5) is 0 Å². The topological polar surface area (TPSA) is 29.3 Å². The molecule has 0 atom stereocenters. The minimum absolute atomic E-state index is 0.502. The van der Waals surface area contributed by atoms with Gasteiger partial charge >= 0.3 is 0 Å². The van der Waals surface area contributed by atoms with Gasteiger partial charge in [0, 0.05) is 18.6 Å². The standard InChI is InChI=1S/C12H24N2/c1-2-14(12-7-8-12)9-10-3-5-11(13)6-4-10/h10-12H,2-9,13H2,1H3. The van der Waals surface area contributed by atoms with Gasteiger partial charge in [0.05, 0.1) is 0 Å². The van der Waals surface area contributed by atoms with Gasteiger partial charge in [0.15, 0.2) is 0 Å². The lowest BCUT2D eigenvalue weighted by Crippen LogP contribution is -2.35. The maximum Gasteiger partial charge on any atom is 0.00964 e. The van der Waals surface area contributed by atoms with Crippen molar-refractivity contribution in [2.24, 2.45) is 11.7 Å². The molecule has 0 aromatic carbocycles. The van der Waals surface area contributed by atoms with Gasteiger partial charge in [-0.15, -0.1) is 0 Å². The normalized spacial score (nSPS) is 33.6. The smallest absolute Gasteiger partial charge is 0.00964 e. The molecule has 2 heteroatoms. The Morgan fingerprint density at radius 1 is 1.07 bits per heavy atom. The Bertz CT molecular complexity index is 169. The average Bonchev–Trinajstić information content (AvgIpc) is 3.01. The molecule has 0 aromatic heterocycles. The van der Waals surface area contributed by atoms with Crippen LogP contribution in [0.15, 0.2) is 0 Å². The van der Waals surface area contributed by atoms with Crippen LogP contribution in [0.1, 0.15) is 45.4 Å². The third-order valence-electron chi connectivity index (χ3n) is 3.85. The van der Waals surface area contributed by atoms with Gasteiger partial charge in [-0.25, -0.2) is 0 Å². The molecule has 2 aliphatic carbocycles. The van der Waals surface area contributed by atoms with E-state index in [-0.39, 0.29) is 0 Å². The Labute approximate surface area is 87.8 Å². The molecule has 0 radical (unpaired) electrons. The molecule has 0 amide bonds. The monoisotopic (exact) mass is 196 g/mol. The van der Waals surface area contributed by atoms with E-state index in [0.29, 0.717) is 6.04 Å². The Morgan fingerprint density at radius 3 is 2.21 bits per heavy atom. The zero-order chi connectivity index (χ0) is 9.97. The first-order valence-electron chi connectivity index (χ1n) is 6.29. The zero-order valence-electron chi connectivity index (χ0n) is 9.41. The largest absolute Gasteiger partial charge is 0.328 e. The van der Waals surface area contributed by atoms with Crippen LogP contribution in [0.25, 0.3) is 0 Å². The van der Waals surface area contributed by atoms with Crippen molar-refractivity contribution < 1.29 is 0 Å². The van der Waals surface area contributed by atoms with Crippen molar-refractivity contribution >= 4 is 0 Å². The SMILES string of the molecule is CCN(CC1CCC(N)CC1)C1CC1. The van der Waals surface area contributed by atoms with E-state index in [2.05, 4.69) is 11.8 Å². The van der Waals surface area contributed by atoms with Gasteiger partial charge in [-0.2, -0.15) is 0 Å². The number of nitrogens with zero attached hydrogens (tertiary/aromatic N) is 1. The molecule has 2 rings (SSSR count). The minimum atomic E-state index is 0.502. The summed E-state index contributed by atoms with van der Waals surface area (Å²) in [7, 11) is 0. The highest BCUT2D eigenvalue weighted by Gasteiger charge is 2.30. The quantitative estimate of drug-likeness (QED) is 0.745. The molecule has 0 spiro atoms. The molecular weight excluding hydrogens is 172 g/mol. The maximum atomic E-state index is 5.92. The Balaban J connectivity index is 1.72. The first-order chi connectivity index (χ1) is 6.79. The van der Waals surface area contributed by atoms with Gasteiger partial charge in [-0.1, -0.05) is 6.92 Å². The van der Waals surface area contributed by atoms with E-state index in [4.69, 9.17) is 5.73 Å². The summed E-state index contributed by atoms with van der Waals surface area (Å²) in [5.74, 6) is 0.940. The van der Waals surface area contributed by atoms with E-state index >= 15 is 0 Å². The third kappa shape index (κ3) is 2.71. The summed E-state index contributed by atoms with van der Waals surface area (Å²) in [6.07, 6.45) is 8.13. The van der Waals surface area contributed by atoms with Gasteiger partial charge in [-0.05, 0) is 51.0 Å². The van der Waals surface area contributed by atoms with Crippen molar-refractivity contribution in [1.29, 1.82) is 0 Å². The first kappa shape index (κ1) is 10.4. The number of hydrogen-bond donors (Lipinski definition) is 1. The lowest BCUT2D eigenvalue weighted by atomic mass is 9.86. The second-order valence-corrected chi connectivity index (χ2v) is 5.10. The lowest BCUT2D eigenvalue weighted by molar-refractivity contribution is 0.194. The predicted octanol–water partition coefficient (Wildman–Crippen LogP) is 1.99. The second-order valence-electron chi connectivity index (χ2n) is 5.10. The van der Waals surface area contributed by atoms with Crippen LogP contribution < -0.4 is 5.73 Å². The van der Waals surface area contributed by atoms with Crippen molar-refractivity contribution in [2.45, 2.75) is 57.5 Å². The second kappa shape index (κ2) is 4.63. The fourth-order valence-corrected chi connectivity index (χ4v) is 2.68. The maximum absolute atomic E-state index is 5.92. The summed E-state index contributed by atoms with van der Waals surface area (Å²) in [5.41, 5.74) is 5.92. The van der Waals surface area contributed by atoms with Crippen LogP contribution in [-0.2, 0) is 0 Å². The van der Waals surface area contributed by atoms with E-state index in [1.807, 2.05) is 0 Å². The predicted molar refractivity (Wildman–Crippen MR) is 60.2 cm³/mol. The summed E-state index contributed by atoms with van der Waals surface area (Å²) in [4.78, 5) is 2.68. The molecule has 0 unspecified atom stereocenters. The molecule has 2 nitrogen and oxygen atoms in total. The zero-order valence-corrected chi connectivity index (χ0v) is 9.41. The van der Waals surface area contributed by atoms with Crippen LogP contribution in [0.2, 0.25) is 0 Å². The van der Waals surface area contributed by atoms with E-state index in [0.717, 1.165) is 12.0 Å².